The van der Waals surface area contributed by atoms with Gasteiger partial charge in [-0.3, -0.25) is 0 Å². The minimum Gasteiger partial charge on any atom is -0.393 e. The fourth-order valence-electron chi connectivity index (χ4n) is 3.17. The average Bonchev–Trinajstić information content (AvgIpc) is 3.12. The van der Waals surface area contributed by atoms with Crippen LogP contribution in [0.5, 0.6) is 0 Å². The number of aliphatic hydroxyl groups is 1. The number of rotatable bonds is 5. The van der Waals surface area contributed by atoms with Gasteiger partial charge in [0.1, 0.15) is 0 Å². The second-order valence-corrected chi connectivity index (χ2v) is 7.36. The Morgan fingerprint density at radius 2 is 1.88 bits per heavy atom. The molecule has 1 aliphatic carbocycles. The van der Waals surface area contributed by atoms with Crippen LogP contribution in [0.25, 0.3) is 0 Å². The molecule has 0 saturated heterocycles. The number of hydrogen-bond donors (Lipinski definition) is 3. The predicted octanol–water partition coefficient (Wildman–Crippen LogP) is 3.63. The Labute approximate surface area is 146 Å². The van der Waals surface area contributed by atoms with Gasteiger partial charge in [0, 0.05) is 10.9 Å². The predicted molar refractivity (Wildman–Crippen MR) is 97.1 cm³/mol. The number of hydrogen-bond acceptors (Lipinski definition) is 3. The smallest absolute Gasteiger partial charge is 0.315 e. The molecule has 1 aromatic carbocycles. The van der Waals surface area contributed by atoms with Crippen LogP contribution in [0.15, 0.2) is 47.8 Å². The lowest BCUT2D eigenvalue weighted by atomic mass is 9.93. The number of nitrogens with one attached hydrogen (secondary N) is 2. The van der Waals surface area contributed by atoms with Crippen LogP contribution < -0.4 is 10.6 Å². The van der Waals surface area contributed by atoms with E-state index in [0.29, 0.717) is 0 Å². The van der Waals surface area contributed by atoms with Gasteiger partial charge in [-0.25, -0.2) is 4.79 Å². The van der Waals surface area contributed by atoms with Gasteiger partial charge in [0.05, 0.1) is 12.1 Å². The van der Waals surface area contributed by atoms with Crippen molar-refractivity contribution in [1.82, 2.24) is 10.6 Å². The van der Waals surface area contributed by atoms with Gasteiger partial charge in [-0.15, -0.1) is 11.3 Å². The Bertz CT molecular complexity index is 622. The van der Waals surface area contributed by atoms with Crippen LogP contribution in [0, 0.1) is 0 Å². The quantitative estimate of drug-likeness (QED) is 0.775. The molecule has 128 valence electrons. The number of benzene rings is 1. The lowest BCUT2D eigenvalue weighted by Gasteiger charge is -2.27. The summed E-state index contributed by atoms with van der Waals surface area (Å²) in [4.78, 5) is 13.6. The molecule has 0 spiro atoms. The molecule has 0 bridgehead atoms. The van der Waals surface area contributed by atoms with E-state index in [1.807, 2.05) is 29.6 Å². The third-order valence-corrected chi connectivity index (χ3v) is 5.49. The molecule has 3 rings (SSSR count). The first-order chi connectivity index (χ1) is 11.7. The van der Waals surface area contributed by atoms with Gasteiger partial charge in [0.25, 0.3) is 0 Å². The highest BCUT2D eigenvalue weighted by Gasteiger charge is 2.22. The summed E-state index contributed by atoms with van der Waals surface area (Å²) in [7, 11) is 0. The van der Waals surface area contributed by atoms with Gasteiger partial charge >= 0.3 is 6.03 Å². The van der Waals surface area contributed by atoms with E-state index >= 15 is 0 Å². The van der Waals surface area contributed by atoms with Crippen LogP contribution in [0.4, 0.5) is 4.79 Å². The van der Waals surface area contributed by atoms with E-state index in [9.17, 15) is 9.90 Å². The van der Waals surface area contributed by atoms with Crippen LogP contribution >= 0.6 is 11.3 Å². The Morgan fingerprint density at radius 3 is 2.54 bits per heavy atom. The van der Waals surface area contributed by atoms with Gasteiger partial charge in [0.15, 0.2) is 0 Å². The second-order valence-electron chi connectivity index (χ2n) is 6.38. The zero-order valence-corrected chi connectivity index (χ0v) is 14.5. The molecular weight excluding hydrogens is 320 g/mol. The van der Waals surface area contributed by atoms with E-state index in [1.54, 1.807) is 11.3 Å². The summed E-state index contributed by atoms with van der Waals surface area (Å²) in [6.07, 6.45) is 3.79. The lowest BCUT2D eigenvalue weighted by Crippen LogP contribution is -2.45. The van der Waals surface area contributed by atoms with E-state index in [4.69, 9.17) is 0 Å². The van der Waals surface area contributed by atoms with Crippen LogP contribution in [0.3, 0.4) is 0 Å². The average molecular weight is 344 g/mol. The largest absolute Gasteiger partial charge is 0.393 e. The first-order valence-corrected chi connectivity index (χ1v) is 9.41. The van der Waals surface area contributed by atoms with Gasteiger partial charge in [-0.05, 0) is 49.1 Å². The van der Waals surface area contributed by atoms with Crippen molar-refractivity contribution in [1.29, 1.82) is 0 Å². The Morgan fingerprint density at radius 1 is 1.12 bits per heavy atom. The van der Waals surface area contributed by atoms with E-state index in [2.05, 4.69) is 28.8 Å². The molecule has 1 aliphatic rings. The number of aliphatic hydroxyl groups excluding tert-OH is 1. The number of amides is 2. The molecule has 1 heterocycles. The zero-order chi connectivity index (χ0) is 16.8. The van der Waals surface area contributed by atoms with Crippen molar-refractivity contribution in [3.05, 3.63) is 58.3 Å². The highest BCUT2D eigenvalue weighted by molar-refractivity contribution is 7.10. The first-order valence-electron chi connectivity index (χ1n) is 8.53. The zero-order valence-electron chi connectivity index (χ0n) is 13.7. The van der Waals surface area contributed by atoms with E-state index < -0.39 is 0 Å². The molecule has 1 atom stereocenters. The van der Waals surface area contributed by atoms with Crippen LogP contribution in [-0.4, -0.2) is 23.3 Å². The maximum atomic E-state index is 12.4. The Balaban J connectivity index is 1.60. The van der Waals surface area contributed by atoms with Crippen LogP contribution in [0.2, 0.25) is 0 Å². The molecule has 4 nitrogen and oxygen atoms in total. The minimum absolute atomic E-state index is 0.0263. The fourth-order valence-corrected chi connectivity index (χ4v) is 3.95. The second kappa shape index (κ2) is 8.31. The third-order valence-electron chi connectivity index (χ3n) is 4.51. The summed E-state index contributed by atoms with van der Waals surface area (Å²) in [6.45, 7) is 0. The Kier molecular flexibility index (Phi) is 5.88. The molecular formula is C19H24N2O2S. The molecule has 5 heteroatoms. The fraction of sp³-hybridized carbons (Fsp3) is 0.421. The number of urea groups is 1. The summed E-state index contributed by atoms with van der Waals surface area (Å²) in [6, 6.07) is 14.3. The third kappa shape index (κ3) is 4.82. The maximum absolute atomic E-state index is 12.4. The molecule has 0 unspecified atom stereocenters. The van der Waals surface area contributed by atoms with E-state index in [1.165, 1.54) is 5.56 Å². The highest BCUT2D eigenvalue weighted by Crippen LogP contribution is 2.23. The normalized spacial score (nSPS) is 21.9. The standard InChI is InChI=1S/C19H24N2O2S/c22-16-10-8-15(9-11-16)20-19(23)21-17(18-7-4-12-24-18)13-14-5-2-1-3-6-14/h1-7,12,15-17,22H,8-11,13H2,(H2,20,21,23)/t15?,16?,17-/m1/s1. The first kappa shape index (κ1) is 17.0. The topological polar surface area (TPSA) is 61.4 Å². The van der Waals surface area contributed by atoms with E-state index in [-0.39, 0.29) is 24.2 Å². The molecule has 1 aromatic heterocycles. The summed E-state index contributed by atoms with van der Waals surface area (Å²) < 4.78 is 0. The molecule has 0 radical (unpaired) electrons. The molecule has 3 N–H and O–H groups in total. The molecule has 0 aliphatic heterocycles. The molecule has 1 saturated carbocycles. The highest BCUT2D eigenvalue weighted by atomic mass is 32.1. The van der Waals surface area contributed by atoms with Gasteiger partial charge in [0.2, 0.25) is 0 Å². The summed E-state index contributed by atoms with van der Waals surface area (Å²) in [5.41, 5.74) is 1.21. The molecule has 1 fully saturated rings. The van der Waals surface area contributed by atoms with Crippen LogP contribution in [-0.2, 0) is 6.42 Å². The van der Waals surface area contributed by atoms with Crippen molar-refractivity contribution < 1.29 is 9.90 Å². The SMILES string of the molecule is O=C(NC1CCC(O)CC1)N[C@H](Cc1ccccc1)c1cccs1. The van der Waals surface area contributed by atoms with Crippen molar-refractivity contribution >= 4 is 17.4 Å². The molecule has 24 heavy (non-hydrogen) atoms. The monoisotopic (exact) mass is 344 g/mol. The van der Waals surface area contributed by atoms with Gasteiger partial charge in [-0.1, -0.05) is 36.4 Å². The van der Waals surface area contributed by atoms with E-state index in [0.717, 1.165) is 37.0 Å². The van der Waals surface area contributed by atoms with Crippen molar-refractivity contribution in [2.45, 2.75) is 50.3 Å². The summed E-state index contributed by atoms with van der Waals surface area (Å²) in [5, 5.41) is 17.8. The van der Waals surface area contributed by atoms with Crippen LogP contribution in [0.1, 0.15) is 42.2 Å². The number of thiophene rings is 1. The summed E-state index contributed by atoms with van der Waals surface area (Å²) in [5.74, 6) is 0. The molecule has 2 aromatic rings. The van der Waals surface area contributed by atoms with Gasteiger partial charge in [-0.2, -0.15) is 0 Å². The number of carbonyl (C=O) groups excluding carboxylic acids is 1. The van der Waals surface area contributed by atoms with Crippen molar-refractivity contribution in [3.8, 4) is 0 Å². The number of carbonyl (C=O) groups is 1. The summed E-state index contributed by atoms with van der Waals surface area (Å²) >= 11 is 1.66. The Hall–Kier alpha value is -1.85. The lowest BCUT2D eigenvalue weighted by molar-refractivity contribution is 0.117. The molecule has 2 amide bonds. The minimum atomic E-state index is -0.206. The van der Waals surface area contributed by atoms with Gasteiger partial charge < -0.3 is 15.7 Å². The van der Waals surface area contributed by atoms with Crippen molar-refractivity contribution in [2.75, 3.05) is 0 Å². The van der Waals surface area contributed by atoms with Crippen molar-refractivity contribution in [3.63, 3.8) is 0 Å². The maximum Gasteiger partial charge on any atom is 0.315 e. The van der Waals surface area contributed by atoms with Crippen molar-refractivity contribution in [2.24, 2.45) is 0 Å².